The number of pyridine rings is 1. The maximum absolute atomic E-state index is 13.5. The number of aromatic amines is 1. The minimum atomic E-state index is -0.623. The Labute approximate surface area is 218 Å². The number of ether oxygens (including phenoxy) is 2. The van der Waals surface area contributed by atoms with E-state index in [9.17, 15) is 9.59 Å². The largest absolute Gasteiger partial charge is 0.496 e. The van der Waals surface area contributed by atoms with Gasteiger partial charge < -0.3 is 14.4 Å². The predicted molar refractivity (Wildman–Crippen MR) is 137 cm³/mol. The summed E-state index contributed by atoms with van der Waals surface area (Å²) in [5.74, 6) is 2.14. The molecule has 1 N–H and O–H groups in total. The molecule has 7 rings (SSSR count). The average Bonchev–Trinajstić information content (AvgIpc) is 3.65. The minimum absolute atomic E-state index is 0.0165. The van der Waals surface area contributed by atoms with Crippen LogP contribution >= 0.6 is 0 Å². The Morgan fingerprint density at radius 2 is 1.97 bits per heavy atom. The third-order valence-corrected chi connectivity index (χ3v) is 7.94. The number of rotatable bonds is 4. The van der Waals surface area contributed by atoms with Gasteiger partial charge in [0.1, 0.15) is 22.8 Å². The van der Waals surface area contributed by atoms with Gasteiger partial charge in [0.2, 0.25) is 5.82 Å². The normalized spacial score (nSPS) is 18.3. The fourth-order valence-electron chi connectivity index (χ4n) is 5.64. The molecule has 4 aromatic rings. The van der Waals surface area contributed by atoms with E-state index in [4.69, 9.17) is 9.47 Å². The Bertz CT molecular complexity index is 1570. The van der Waals surface area contributed by atoms with Crippen molar-refractivity contribution in [3.63, 3.8) is 0 Å². The summed E-state index contributed by atoms with van der Waals surface area (Å²) < 4.78 is 12.1. The van der Waals surface area contributed by atoms with Crippen LogP contribution in [0.2, 0.25) is 0 Å². The Morgan fingerprint density at radius 1 is 1.13 bits per heavy atom. The molecule has 1 aliphatic carbocycles. The van der Waals surface area contributed by atoms with Crippen molar-refractivity contribution in [3.8, 4) is 22.9 Å². The number of fused-ring (bicyclic) bond motifs is 2. The number of nitrogens with zero attached hydrogens (tertiary/aromatic N) is 5. The second-order valence-corrected chi connectivity index (χ2v) is 10.4. The molecule has 3 aliphatic rings. The average molecular weight is 511 g/mol. The molecule has 1 saturated carbocycles. The second-order valence-electron chi connectivity index (χ2n) is 10.4. The zero-order valence-corrected chi connectivity index (χ0v) is 20.9. The molecule has 1 amide bonds. The first-order valence-corrected chi connectivity index (χ1v) is 12.9. The lowest BCUT2D eigenvalue weighted by molar-refractivity contribution is -0.00583. The van der Waals surface area contributed by atoms with E-state index in [-0.39, 0.29) is 18.1 Å². The van der Waals surface area contributed by atoms with Crippen molar-refractivity contribution in [1.82, 2.24) is 30.5 Å². The van der Waals surface area contributed by atoms with Crippen LogP contribution in [-0.2, 0) is 0 Å². The number of Topliss-reactive ketones (excluding diaryl/α,β-unsaturated/α-hetero) is 1. The van der Waals surface area contributed by atoms with Gasteiger partial charge in [-0.05, 0) is 59.9 Å². The Morgan fingerprint density at radius 3 is 2.71 bits per heavy atom. The highest BCUT2D eigenvalue weighted by Gasteiger charge is 2.44. The molecule has 0 radical (unpaired) electrons. The van der Waals surface area contributed by atoms with Crippen molar-refractivity contribution in [2.75, 3.05) is 20.2 Å². The zero-order chi connectivity index (χ0) is 25.9. The highest BCUT2D eigenvalue weighted by Crippen LogP contribution is 2.43. The summed E-state index contributed by atoms with van der Waals surface area (Å²) in [6.07, 6.45) is 3.83. The number of likely N-dealkylation sites (tertiary alicyclic amines) is 1. The SMILES string of the molecule is COc1cc(C(=O)N2CCC3(CC2)CC(=O)c2cc(-c4nn[nH]n4)ccc2O3)nc2ccc(C3CC3)cc12. The molecule has 10 nitrogen and oxygen atoms in total. The summed E-state index contributed by atoms with van der Waals surface area (Å²) >= 11 is 0. The number of hydrogen-bond acceptors (Lipinski definition) is 8. The van der Waals surface area contributed by atoms with Crippen LogP contribution in [0, 0.1) is 0 Å². The van der Waals surface area contributed by atoms with Gasteiger partial charge >= 0.3 is 0 Å². The predicted octanol–water partition coefficient (Wildman–Crippen LogP) is 3.94. The Balaban J connectivity index is 1.09. The molecule has 4 heterocycles. The van der Waals surface area contributed by atoms with E-state index >= 15 is 0 Å². The summed E-state index contributed by atoms with van der Waals surface area (Å²) in [7, 11) is 1.62. The van der Waals surface area contributed by atoms with Gasteiger partial charge in [-0.1, -0.05) is 6.07 Å². The van der Waals surface area contributed by atoms with Crippen LogP contribution < -0.4 is 9.47 Å². The maximum atomic E-state index is 13.5. The first-order chi connectivity index (χ1) is 18.5. The number of nitrogens with one attached hydrogen (secondary N) is 1. The molecule has 2 aromatic carbocycles. The zero-order valence-electron chi connectivity index (χ0n) is 20.9. The van der Waals surface area contributed by atoms with E-state index in [0.717, 1.165) is 10.9 Å². The second kappa shape index (κ2) is 8.61. The van der Waals surface area contributed by atoms with E-state index in [2.05, 4.69) is 37.7 Å². The third-order valence-electron chi connectivity index (χ3n) is 7.94. The molecule has 2 aromatic heterocycles. The molecule has 1 spiro atoms. The molecule has 2 fully saturated rings. The van der Waals surface area contributed by atoms with Crippen LogP contribution in [0.15, 0.2) is 42.5 Å². The number of hydrogen-bond donors (Lipinski definition) is 1. The highest BCUT2D eigenvalue weighted by molar-refractivity contribution is 6.01. The molecule has 38 heavy (non-hydrogen) atoms. The highest BCUT2D eigenvalue weighted by atomic mass is 16.5. The third kappa shape index (κ3) is 3.87. The molecular formula is C28H26N6O4. The van der Waals surface area contributed by atoms with Gasteiger partial charge in [-0.3, -0.25) is 9.59 Å². The molecule has 0 unspecified atom stereocenters. The van der Waals surface area contributed by atoms with E-state index < -0.39 is 5.60 Å². The lowest BCUT2D eigenvalue weighted by Crippen LogP contribution is -2.52. The van der Waals surface area contributed by atoms with E-state index in [0.29, 0.717) is 66.0 Å². The molecule has 1 saturated heterocycles. The first-order valence-electron chi connectivity index (χ1n) is 12.9. The standard InChI is InChI=1S/C28H26N6O4/c1-37-25-14-22(29-21-6-4-17(12-19(21)25)16-2-3-16)27(36)34-10-8-28(9-11-34)15-23(35)20-13-18(5-7-24(20)38-28)26-30-32-33-31-26/h4-7,12-14,16H,2-3,8-11,15H2,1H3,(H,30,31,32,33). The molecular weight excluding hydrogens is 484 g/mol. The van der Waals surface area contributed by atoms with E-state index in [1.807, 2.05) is 12.1 Å². The molecule has 0 bridgehead atoms. The van der Waals surface area contributed by atoms with Crippen LogP contribution in [0.1, 0.15) is 64.4 Å². The topological polar surface area (TPSA) is 123 Å². The van der Waals surface area contributed by atoms with Crippen LogP contribution in [0.25, 0.3) is 22.3 Å². The molecule has 0 atom stereocenters. The monoisotopic (exact) mass is 510 g/mol. The Kier molecular flexibility index (Phi) is 5.17. The number of benzene rings is 2. The number of piperidine rings is 1. The van der Waals surface area contributed by atoms with Crippen LogP contribution in [0.4, 0.5) is 0 Å². The number of carbonyl (C=O) groups is 2. The molecule has 192 valence electrons. The van der Waals surface area contributed by atoms with Crippen molar-refractivity contribution in [1.29, 1.82) is 0 Å². The van der Waals surface area contributed by atoms with Gasteiger partial charge in [-0.15, -0.1) is 10.2 Å². The van der Waals surface area contributed by atoms with Gasteiger partial charge in [0.25, 0.3) is 5.91 Å². The lowest BCUT2D eigenvalue weighted by Gasteiger charge is -2.43. The number of ketones is 1. The fraction of sp³-hybridized carbons (Fsp3) is 0.357. The van der Waals surface area contributed by atoms with Crippen LogP contribution in [0.3, 0.4) is 0 Å². The van der Waals surface area contributed by atoms with E-state index in [1.165, 1.54) is 18.4 Å². The van der Waals surface area contributed by atoms with Gasteiger partial charge in [-0.25, -0.2) is 4.98 Å². The number of H-pyrrole nitrogens is 1. The number of tetrazole rings is 1. The van der Waals surface area contributed by atoms with Crippen molar-refractivity contribution in [2.24, 2.45) is 0 Å². The van der Waals surface area contributed by atoms with Crippen molar-refractivity contribution in [3.05, 3.63) is 59.3 Å². The van der Waals surface area contributed by atoms with Gasteiger partial charge in [-0.2, -0.15) is 5.21 Å². The number of amides is 1. The van der Waals surface area contributed by atoms with E-state index in [1.54, 1.807) is 30.2 Å². The summed E-state index contributed by atoms with van der Waals surface area (Å²) in [5, 5.41) is 14.9. The summed E-state index contributed by atoms with van der Waals surface area (Å²) in [5.41, 5.74) is 3.02. The quantitative estimate of drug-likeness (QED) is 0.438. The number of carbonyl (C=O) groups excluding carboxylic acids is 2. The fourth-order valence-corrected chi connectivity index (χ4v) is 5.64. The van der Waals surface area contributed by atoms with Crippen molar-refractivity contribution in [2.45, 2.75) is 43.6 Å². The van der Waals surface area contributed by atoms with Gasteiger partial charge in [0.15, 0.2) is 5.78 Å². The van der Waals surface area contributed by atoms with Crippen LogP contribution in [0.5, 0.6) is 11.5 Å². The summed E-state index contributed by atoms with van der Waals surface area (Å²) in [6.45, 7) is 0.954. The summed E-state index contributed by atoms with van der Waals surface area (Å²) in [4.78, 5) is 33.1. The van der Waals surface area contributed by atoms with Gasteiger partial charge in [0.05, 0.1) is 24.6 Å². The Hall–Kier alpha value is -4.34. The molecule has 10 heteroatoms. The number of aromatic nitrogens is 5. The maximum Gasteiger partial charge on any atom is 0.272 e. The molecule has 2 aliphatic heterocycles. The number of methoxy groups -OCH3 is 1. The summed E-state index contributed by atoms with van der Waals surface area (Å²) in [6, 6.07) is 13.3. The van der Waals surface area contributed by atoms with Gasteiger partial charge in [0, 0.05) is 42.9 Å². The van der Waals surface area contributed by atoms with Crippen molar-refractivity contribution < 1.29 is 19.1 Å². The first kappa shape index (κ1) is 22.8. The smallest absolute Gasteiger partial charge is 0.272 e. The lowest BCUT2D eigenvalue weighted by atomic mass is 9.82. The van der Waals surface area contributed by atoms with Crippen LogP contribution in [-0.4, -0.2) is 68.0 Å². The van der Waals surface area contributed by atoms with Crippen molar-refractivity contribution >= 4 is 22.6 Å². The minimum Gasteiger partial charge on any atom is -0.496 e.